The Kier molecular flexibility index (Phi) is 6.03. The van der Waals surface area contributed by atoms with Gasteiger partial charge in [-0.3, -0.25) is 4.79 Å². The summed E-state index contributed by atoms with van der Waals surface area (Å²) in [7, 11) is 1.70. The van der Waals surface area contributed by atoms with Gasteiger partial charge >= 0.3 is 6.03 Å². The Morgan fingerprint density at radius 3 is 2.46 bits per heavy atom. The quantitative estimate of drug-likeness (QED) is 0.827. The highest BCUT2D eigenvalue weighted by Crippen LogP contribution is 2.31. The zero-order valence-electron chi connectivity index (χ0n) is 16.3. The number of nitrogens with one attached hydrogen (secondary N) is 2. The van der Waals surface area contributed by atoms with Crippen molar-refractivity contribution < 1.29 is 19.1 Å². The van der Waals surface area contributed by atoms with Crippen LogP contribution in [-0.2, 0) is 4.79 Å². The zero-order chi connectivity index (χ0) is 20.1. The number of benzene rings is 2. The fourth-order valence-corrected chi connectivity index (χ4v) is 2.72. The lowest BCUT2D eigenvalue weighted by molar-refractivity contribution is -0.118. The predicted molar refractivity (Wildman–Crippen MR) is 108 cm³/mol. The van der Waals surface area contributed by atoms with Crippen molar-refractivity contribution in [3.8, 4) is 11.5 Å². The van der Waals surface area contributed by atoms with E-state index in [2.05, 4.69) is 10.6 Å². The van der Waals surface area contributed by atoms with Crippen LogP contribution in [0.5, 0.6) is 11.5 Å². The number of nitrogens with zero attached hydrogens (tertiary/aromatic N) is 1. The van der Waals surface area contributed by atoms with E-state index in [9.17, 15) is 9.59 Å². The van der Waals surface area contributed by atoms with Gasteiger partial charge in [-0.15, -0.1) is 0 Å². The van der Waals surface area contributed by atoms with Gasteiger partial charge in [0.2, 0.25) is 5.91 Å². The van der Waals surface area contributed by atoms with E-state index in [0.717, 1.165) is 0 Å². The summed E-state index contributed by atoms with van der Waals surface area (Å²) in [6.45, 7) is 4.41. The third-order valence-electron chi connectivity index (χ3n) is 4.30. The summed E-state index contributed by atoms with van der Waals surface area (Å²) in [5.74, 6) is 1.20. The van der Waals surface area contributed by atoms with Crippen LogP contribution in [0.4, 0.5) is 16.2 Å². The minimum Gasteiger partial charge on any atom is -0.486 e. The highest BCUT2D eigenvalue weighted by molar-refractivity contribution is 5.94. The van der Waals surface area contributed by atoms with E-state index < -0.39 is 0 Å². The molecule has 1 aliphatic heterocycles. The van der Waals surface area contributed by atoms with Gasteiger partial charge in [-0.1, -0.05) is 32.0 Å². The zero-order valence-corrected chi connectivity index (χ0v) is 16.3. The van der Waals surface area contributed by atoms with E-state index in [1.54, 1.807) is 36.2 Å². The van der Waals surface area contributed by atoms with Crippen LogP contribution in [-0.4, -0.2) is 43.1 Å². The number of rotatable bonds is 5. The Labute approximate surface area is 164 Å². The van der Waals surface area contributed by atoms with Crippen LogP contribution in [0.25, 0.3) is 0 Å². The summed E-state index contributed by atoms with van der Waals surface area (Å²) in [6, 6.07) is 14.3. The van der Waals surface area contributed by atoms with Crippen molar-refractivity contribution in [3.05, 3.63) is 48.5 Å². The molecule has 0 fully saturated rings. The monoisotopic (exact) mass is 383 g/mol. The Hall–Kier alpha value is -3.22. The molecule has 3 amide bonds. The maximum absolute atomic E-state index is 12.5. The van der Waals surface area contributed by atoms with E-state index in [-0.39, 0.29) is 24.0 Å². The molecular weight excluding hydrogens is 358 g/mol. The molecule has 2 aromatic carbocycles. The summed E-state index contributed by atoms with van der Waals surface area (Å²) in [6.07, 6.45) is -0.248. The van der Waals surface area contributed by atoms with Gasteiger partial charge in [0.25, 0.3) is 0 Å². The van der Waals surface area contributed by atoms with Gasteiger partial charge < -0.3 is 25.0 Å². The van der Waals surface area contributed by atoms with Crippen molar-refractivity contribution in [3.63, 3.8) is 0 Å². The third-order valence-corrected chi connectivity index (χ3v) is 4.30. The van der Waals surface area contributed by atoms with Gasteiger partial charge in [-0.05, 0) is 30.3 Å². The maximum atomic E-state index is 12.5. The Bertz CT molecular complexity index is 853. The summed E-state index contributed by atoms with van der Waals surface area (Å²) < 4.78 is 11.6. The molecule has 0 aliphatic carbocycles. The van der Waals surface area contributed by atoms with Crippen molar-refractivity contribution in [1.82, 2.24) is 4.90 Å². The molecule has 1 aliphatic rings. The molecule has 0 aromatic heterocycles. The van der Waals surface area contributed by atoms with E-state index in [0.29, 0.717) is 36.0 Å². The second-order valence-corrected chi connectivity index (χ2v) is 7.03. The average Bonchev–Trinajstić information content (AvgIpc) is 2.68. The molecule has 3 rings (SSSR count). The number of ether oxygens (including phenoxy) is 2. The molecule has 2 aromatic rings. The molecule has 0 saturated carbocycles. The number of hydrogen-bond donors (Lipinski definition) is 2. The molecule has 1 heterocycles. The Morgan fingerprint density at radius 1 is 1.07 bits per heavy atom. The van der Waals surface area contributed by atoms with Crippen LogP contribution < -0.4 is 20.1 Å². The van der Waals surface area contributed by atoms with Gasteiger partial charge in [0.1, 0.15) is 6.61 Å². The fourth-order valence-electron chi connectivity index (χ4n) is 2.72. The van der Waals surface area contributed by atoms with Crippen LogP contribution in [0.1, 0.15) is 13.8 Å². The van der Waals surface area contributed by atoms with Crippen LogP contribution in [0, 0.1) is 5.92 Å². The summed E-state index contributed by atoms with van der Waals surface area (Å²) in [4.78, 5) is 25.9. The van der Waals surface area contributed by atoms with Gasteiger partial charge in [0.05, 0.1) is 6.54 Å². The number of carbonyl (C=O) groups excluding carboxylic acids is 2. The van der Waals surface area contributed by atoms with Crippen LogP contribution in [0.3, 0.4) is 0 Å². The van der Waals surface area contributed by atoms with E-state index in [1.807, 2.05) is 38.1 Å². The number of hydrogen-bond acceptors (Lipinski definition) is 4. The SMILES string of the molecule is CC(C)C(=O)Nc1cccc(NC(=O)N(C)CC2COc3ccccc3O2)c1. The minimum atomic E-state index is -0.269. The Morgan fingerprint density at radius 2 is 1.75 bits per heavy atom. The van der Waals surface area contributed by atoms with Crippen LogP contribution in [0.2, 0.25) is 0 Å². The standard InChI is InChI=1S/C21H25N3O4/c1-14(2)20(25)22-15-7-6-8-16(11-15)23-21(26)24(3)12-17-13-27-18-9-4-5-10-19(18)28-17/h4-11,14,17H,12-13H2,1-3H3,(H,22,25)(H,23,26). The molecule has 0 radical (unpaired) electrons. The molecule has 28 heavy (non-hydrogen) atoms. The molecule has 7 heteroatoms. The second kappa shape index (κ2) is 8.65. The van der Waals surface area contributed by atoms with Crippen molar-refractivity contribution >= 4 is 23.3 Å². The van der Waals surface area contributed by atoms with Crippen LogP contribution in [0.15, 0.2) is 48.5 Å². The summed E-state index contributed by atoms with van der Waals surface area (Å²) in [5.41, 5.74) is 1.24. The first kappa shape index (κ1) is 19.5. The molecule has 1 atom stereocenters. The minimum absolute atomic E-state index is 0.0738. The number of carbonyl (C=O) groups is 2. The van der Waals surface area contributed by atoms with Gasteiger partial charge in [-0.2, -0.15) is 0 Å². The number of para-hydroxylation sites is 2. The average molecular weight is 383 g/mol. The van der Waals surface area contributed by atoms with Crippen molar-refractivity contribution in [2.45, 2.75) is 20.0 Å². The number of urea groups is 1. The van der Waals surface area contributed by atoms with Crippen molar-refractivity contribution in [2.24, 2.45) is 5.92 Å². The topological polar surface area (TPSA) is 79.9 Å². The number of amides is 3. The molecule has 1 unspecified atom stereocenters. The van der Waals surface area contributed by atoms with Crippen molar-refractivity contribution in [2.75, 3.05) is 30.8 Å². The summed E-state index contributed by atoms with van der Waals surface area (Å²) >= 11 is 0. The lowest BCUT2D eigenvalue weighted by Crippen LogP contribution is -2.43. The third kappa shape index (κ3) is 4.94. The molecule has 2 N–H and O–H groups in total. The largest absolute Gasteiger partial charge is 0.486 e. The van der Waals surface area contributed by atoms with E-state index in [1.165, 1.54) is 0 Å². The number of likely N-dealkylation sites (N-methyl/N-ethyl adjacent to an activating group) is 1. The maximum Gasteiger partial charge on any atom is 0.321 e. The number of anilines is 2. The van der Waals surface area contributed by atoms with Gasteiger partial charge in [-0.25, -0.2) is 4.79 Å². The predicted octanol–water partition coefficient (Wildman–Crippen LogP) is 3.58. The van der Waals surface area contributed by atoms with Gasteiger partial charge in [0.15, 0.2) is 17.6 Å². The Balaban J connectivity index is 1.55. The van der Waals surface area contributed by atoms with E-state index >= 15 is 0 Å². The van der Waals surface area contributed by atoms with E-state index in [4.69, 9.17) is 9.47 Å². The second-order valence-electron chi connectivity index (χ2n) is 7.03. The van der Waals surface area contributed by atoms with Gasteiger partial charge in [0, 0.05) is 24.3 Å². The first-order valence-electron chi connectivity index (χ1n) is 9.24. The molecule has 0 bridgehead atoms. The molecule has 0 saturated heterocycles. The number of fused-ring (bicyclic) bond motifs is 1. The van der Waals surface area contributed by atoms with Crippen LogP contribution >= 0.6 is 0 Å². The molecular formula is C21H25N3O4. The molecule has 7 nitrogen and oxygen atoms in total. The first-order chi connectivity index (χ1) is 13.4. The highest BCUT2D eigenvalue weighted by Gasteiger charge is 2.23. The summed E-state index contributed by atoms with van der Waals surface area (Å²) in [5, 5.41) is 5.65. The lowest BCUT2D eigenvalue weighted by Gasteiger charge is -2.29. The lowest BCUT2D eigenvalue weighted by atomic mass is 10.2. The smallest absolute Gasteiger partial charge is 0.321 e. The normalized spacial score (nSPS) is 15.1. The molecule has 148 valence electrons. The molecule has 0 spiro atoms. The van der Waals surface area contributed by atoms with Crippen molar-refractivity contribution in [1.29, 1.82) is 0 Å². The first-order valence-corrected chi connectivity index (χ1v) is 9.24. The highest BCUT2D eigenvalue weighted by atomic mass is 16.6. The fraction of sp³-hybridized carbons (Fsp3) is 0.333.